The van der Waals surface area contributed by atoms with Crippen molar-refractivity contribution in [2.45, 2.75) is 31.8 Å². The van der Waals surface area contributed by atoms with Gasteiger partial charge in [-0.15, -0.1) is 12.4 Å². The van der Waals surface area contributed by atoms with Crippen LogP contribution >= 0.6 is 12.4 Å². The van der Waals surface area contributed by atoms with E-state index in [2.05, 4.69) is 0 Å². The molecule has 1 amide bonds. The van der Waals surface area contributed by atoms with E-state index >= 15 is 0 Å². The number of amides is 1. The normalized spacial score (nSPS) is 13.9. The molecule has 0 aromatic heterocycles. The number of hydrogen-bond donors (Lipinski definition) is 1. The van der Waals surface area contributed by atoms with Crippen molar-refractivity contribution in [3.8, 4) is 0 Å². The Morgan fingerprint density at radius 3 is 2.61 bits per heavy atom. The fourth-order valence-electron chi connectivity index (χ4n) is 1.88. The van der Waals surface area contributed by atoms with Crippen LogP contribution < -0.4 is 5.73 Å². The van der Waals surface area contributed by atoms with Gasteiger partial charge in [-0.2, -0.15) is 0 Å². The molecule has 1 aliphatic rings. The summed E-state index contributed by atoms with van der Waals surface area (Å²) in [4.78, 5) is 13.6. The molecular weight excluding hydrogens is 255 g/mol. The second kappa shape index (κ2) is 6.71. The quantitative estimate of drug-likeness (QED) is 0.892. The molecule has 0 spiro atoms. The number of nitrogens with zero attached hydrogens (tertiary/aromatic N) is 1. The van der Waals surface area contributed by atoms with E-state index in [1.807, 2.05) is 0 Å². The van der Waals surface area contributed by atoms with E-state index in [-0.39, 0.29) is 30.2 Å². The van der Waals surface area contributed by atoms with Gasteiger partial charge in [-0.05, 0) is 18.9 Å². The van der Waals surface area contributed by atoms with Crippen molar-refractivity contribution in [2.75, 3.05) is 6.54 Å². The molecule has 1 fully saturated rings. The predicted molar refractivity (Wildman–Crippen MR) is 70.9 cm³/mol. The first-order chi connectivity index (χ1) is 8.22. The molecule has 1 aromatic carbocycles. The molecule has 0 atom stereocenters. The van der Waals surface area contributed by atoms with Crippen molar-refractivity contribution in [1.29, 1.82) is 0 Å². The van der Waals surface area contributed by atoms with Crippen LogP contribution in [0.4, 0.5) is 4.39 Å². The summed E-state index contributed by atoms with van der Waals surface area (Å²) >= 11 is 0. The summed E-state index contributed by atoms with van der Waals surface area (Å²) in [6.45, 7) is 0.704. The Hall–Kier alpha value is -1.13. The van der Waals surface area contributed by atoms with Crippen LogP contribution in [0, 0.1) is 5.82 Å². The van der Waals surface area contributed by atoms with Crippen molar-refractivity contribution in [3.05, 3.63) is 35.6 Å². The highest BCUT2D eigenvalue weighted by molar-refractivity contribution is 5.85. The van der Waals surface area contributed by atoms with E-state index in [4.69, 9.17) is 5.73 Å². The zero-order chi connectivity index (χ0) is 12.3. The van der Waals surface area contributed by atoms with Crippen LogP contribution in [0.15, 0.2) is 24.3 Å². The molecule has 0 aliphatic heterocycles. The molecule has 2 N–H and O–H groups in total. The molecule has 0 unspecified atom stereocenters. The molecule has 1 aromatic rings. The molecule has 0 saturated heterocycles. The maximum atomic E-state index is 13.5. The van der Waals surface area contributed by atoms with Crippen LogP contribution in [0.5, 0.6) is 0 Å². The highest BCUT2D eigenvalue weighted by atomic mass is 35.5. The first-order valence-corrected chi connectivity index (χ1v) is 5.95. The number of carbonyl (C=O) groups excluding carboxylic acids is 1. The van der Waals surface area contributed by atoms with Crippen LogP contribution in [0.25, 0.3) is 0 Å². The van der Waals surface area contributed by atoms with Crippen LogP contribution in [-0.4, -0.2) is 23.4 Å². The summed E-state index contributed by atoms with van der Waals surface area (Å²) in [7, 11) is 0. The lowest BCUT2D eigenvalue weighted by Gasteiger charge is -2.22. The number of halogens is 2. The minimum atomic E-state index is -0.251. The van der Waals surface area contributed by atoms with Gasteiger partial charge in [0.1, 0.15) is 5.82 Å². The minimum absolute atomic E-state index is 0. The standard InChI is InChI=1S/C13H17FN2O.ClH/c14-12-4-2-1-3-10(12)9-16(11-5-6-11)13(17)7-8-15;/h1-4,11H,5-9,15H2;1H. The van der Waals surface area contributed by atoms with Gasteiger partial charge in [0.25, 0.3) is 0 Å². The van der Waals surface area contributed by atoms with Gasteiger partial charge in [0.05, 0.1) is 0 Å². The lowest BCUT2D eigenvalue weighted by molar-refractivity contribution is -0.132. The monoisotopic (exact) mass is 272 g/mol. The van der Waals surface area contributed by atoms with Crippen molar-refractivity contribution in [3.63, 3.8) is 0 Å². The summed E-state index contributed by atoms with van der Waals surface area (Å²) in [5.41, 5.74) is 5.96. The number of hydrogen-bond acceptors (Lipinski definition) is 2. The lowest BCUT2D eigenvalue weighted by atomic mass is 10.2. The van der Waals surface area contributed by atoms with E-state index in [1.165, 1.54) is 6.07 Å². The second-order valence-corrected chi connectivity index (χ2v) is 4.38. The van der Waals surface area contributed by atoms with Gasteiger partial charge in [0, 0.05) is 31.1 Å². The third kappa shape index (κ3) is 3.68. The maximum Gasteiger partial charge on any atom is 0.224 e. The molecule has 1 aliphatic carbocycles. The molecule has 3 nitrogen and oxygen atoms in total. The molecule has 1 saturated carbocycles. The van der Waals surface area contributed by atoms with Crippen molar-refractivity contribution >= 4 is 18.3 Å². The zero-order valence-corrected chi connectivity index (χ0v) is 11.0. The van der Waals surface area contributed by atoms with E-state index in [1.54, 1.807) is 23.1 Å². The summed E-state index contributed by atoms with van der Waals surface area (Å²) < 4.78 is 13.5. The molecule has 100 valence electrons. The summed E-state index contributed by atoms with van der Waals surface area (Å²) in [5, 5.41) is 0. The minimum Gasteiger partial charge on any atom is -0.335 e. The molecule has 0 radical (unpaired) electrons. The SMILES string of the molecule is Cl.NCCC(=O)N(Cc1ccccc1F)C1CC1. The van der Waals surface area contributed by atoms with Crippen molar-refractivity contribution < 1.29 is 9.18 Å². The molecule has 0 heterocycles. The number of nitrogens with two attached hydrogens (primary N) is 1. The smallest absolute Gasteiger partial charge is 0.224 e. The largest absolute Gasteiger partial charge is 0.335 e. The summed E-state index contributed by atoms with van der Waals surface area (Å²) in [6.07, 6.45) is 2.38. The van der Waals surface area contributed by atoms with E-state index < -0.39 is 0 Å². The number of carbonyl (C=O) groups is 1. The Kier molecular flexibility index (Phi) is 5.56. The van der Waals surface area contributed by atoms with Gasteiger partial charge in [-0.1, -0.05) is 18.2 Å². The zero-order valence-electron chi connectivity index (χ0n) is 10.1. The van der Waals surface area contributed by atoms with Crippen LogP contribution in [0.3, 0.4) is 0 Å². The maximum absolute atomic E-state index is 13.5. The van der Waals surface area contributed by atoms with Gasteiger partial charge >= 0.3 is 0 Å². The molecule has 2 rings (SSSR count). The first-order valence-electron chi connectivity index (χ1n) is 5.95. The Bertz CT molecular complexity index is 410. The first kappa shape index (κ1) is 14.9. The van der Waals surface area contributed by atoms with Gasteiger partial charge in [-0.3, -0.25) is 4.79 Å². The third-order valence-corrected chi connectivity index (χ3v) is 2.96. The summed E-state index contributed by atoms with van der Waals surface area (Å²) in [6, 6.07) is 6.88. The molecule has 0 bridgehead atoms. The highest BCUT2D eigenvalue weighted by Crippen LogP contribution is 2.29. The summed E-state index contributed by atoms with van der Waals surface area (Å²) in [5.74, 6) is -0.225. The Labute approximate surface area is 113 Å². The predicted octanol–water partition coefficient (Wildman–Crippen LogP) is 2.09. The Morgan fingerprint density at radius 1 is 1.39 bits per heavy atom. The Morgan fingerprint density at radius 2 is 2.06 bits per heavy atom. The van der Waals surface area contributed by atoms with Crippen molar-refractivity contribution in [1.82, 2.24) is 4.90 Å². The number of rotatable bonds is 5. The number of benzene rings is 1. The van der Waals surface area contributed by atoms with Crippen LogP contribution in [0.2, 0.25) is 0 Å². The van der Waals surface area contributed by atoms with Crippen LogP contribution in [-0.2, 0) is 11.3 Å². The van der Waals surface area contributed by atoms with Crippen molar-refractivity contribution in [2.24, 2.45) is 5.73 Å². The highest BCUT2D eigenvalue weighted by Gasteiger charge is 2.32. The molecule has 18 heavy (non-hydrogen) atoms. The average Bonchev–Trinajstić information content (AvgIpc) is 3.12. The average molecular weight is 273 g/mol. The second-order valence-electron chi connectivity index (χ2n) is 4.38. The Balaban J connectivity index is 0.00000162. The van der Waals surface area contributed by atoms with E-state index in [0.717, 1.165) is 12.8 Å². The lowest BCUT2D eigenvalue weighted by Crippen LogP contribution is -2.34. The van der Waals surface area contributed by atoms with Gasteiger partial charge in [0.2, 0.25) is 5.91 Å². The van der Waals surface area contributed by atoms with Gasteiger partial charge in [0.15, 0.2) is 0 Å². The third-order valence-electron chi connectivity index (χ3n) is 2.96. The topological polar surface area (TPSA) is 46.3 Å². The molecule has 5 heteroatoms. The van der Waals surface area contributed by atoms with Gasteiger partial charge < -0.3 is 10.6 Å². The van der Waals surface area contributed by atoms with E-state index in [0.29, 0.717) is 25.1 Å². The fraction of sp³-hybridized carbons (Fsp3) is 0.462. The van der Waals surface area contributed by atoms with E-state index in [9.17, 15) is 9.18 Å². The fourth-order valence-corrected chi connectivity index (χ4v) is 1.88. The van der Waals surface area contributed by atoms with Gasteiger partial charge in [-0.25, -0.2) is 4.39 Å². The molecular formula is C13H18ClFN2O. The van der Waals surface area contributed by atoms with Crippen LogP contribution in [0.1, 0.15) is 24.8 Å².